The molecule has 1 aromatic rings. The quantitative estimate of drug-likeness (QED) is 0.815. The molecule has 0 unspecified atom stereocenters. The van der Waals surface area contributed by atoms with Crippen molar-refractivity contribution in [3.63, 3.8) is 0 Å². The molecule has 0 atom stereocenters. The van der Waals surface area contributed by atoms with Gasteiger partial charge in [-0.3, -0.25) is 0 Å². The highest BCUT2D eigenvalue weighted by Gasteiger charge is 2.20. The highest BCUT2D eigenvalue weighted by molar-refractivity contribution is 7.89. The second-order valence-corrected chi connectivity index (χ2v) is 6.14. The highest BCUT2D eigenvalue weighted by atomic mass is 32.2. The highest BCUT2D eigenvalue weighted by Crippen LogP contribution is 2.18. The van der Waals surface area contributed by atoms with Gasteiger partial charge >= 0.3 is 0 Å². The molecule has 0 spiro atoms. The maximum absolute atomic E-state index is 13.1. The van der Waals surface area contributed by atoms with Crippen molar-refractivity contribution in [1.29, 1.82) is 0 Å². The first-order valence-corrected chi connectivity index (χ1v) is 7.06. The van der Waals surface area contributed by atoms with E-state index in [1.54, 1.807) is 14.0 Å². The van der Waals surface area contributed by atoms with E-state index in [1.165, 1.54) is 22.5 Å². The van der Waals surface area contributed by atoms with Gasteiger partial charge in [0.1, 0.15) is 5.82 Å². The molecular weight excluding hydrogens is 241 g/mol. The zero-order valence-corrected chi connectivity index (χ0v) is 11.2. The van der Waals surface area contributed by atoms with Gasteiger partial charge in [0, 0.05) is 13.6 Å². The van der Waals surface area contributed by atoms with Crippen LogP contribution in [0.15, 0.2) is 23.1 Å². The summed E-state index contributed by atoms with van der Waals surface area (Å²) in [5, 5.41) is 0. The van der Waals surface area contributed by atoms with Crippen LogP contribution >= 0.6 is 0 Å². The summed E-state index contributed by atoms with van der Waals surface area (Å²) >= 11 is 0. The molecule has 17 heavy (non-hydrogen) atoms. The van der Waals surface area contributed by atoms with E-state index in [2.05, 4.69) is 0 Å². The minimum atomic E-state index is -3.48. The minimum Gasteiger partial charge on any atom is -0.207 e. The Morgan fingerprint density at radius 3 is 2.53 bits per heavy atom. The Morgan fingerprint density at radius 2 is 2.00 bits per heavy atom. The van der Waals surface area contributed by atoms with Gasteiger partial charge in [-0.1, -0.05) is 13.3 Å². The Balaban J connectivity index is 3.00. The van der Waals surface area contributed by atoms with Crippen LogP contribution < -0.4 is 0 Å². The number of halogens is 1. The van der Waals surface area contributed by atoms with Gasteiger partial charge in [0.15, 0.2) is 0 Å². The number of hydrogen-bond acceptors (Lipinski definition) is 2. The largest absolute Gasteiger partial charge is 0.242 e. The summed E-state index contributed by atoms with van der Waals surface area (Å²) < 4.78 is 38.6. The van der Waals surface area contributed by atoms with Crippen LogP contribution in [-0.4, -0.2) is 26.3 Å². The Kier molecular flexibility index (Phi) is 4.65. The summed E-state index contributed by atoms with van der Waals surface area (Å²) in [5.74, 6) is -0.389. The van der Waals surface area contributed by atoms with Gasteiger partial charge in [0.05, 0.1) is 4.90 Å². The average molecular weight is 259 g/mol. The minimum absolute atomic E-state index is 0.148. The number of benzene rings is 1. The second-order valence-electron chi connectivity index (χ2n) is 4.09. The molecule has 0 N–H and O–H groups in total. The molecule has 0 saturated carbocycles. The Morgan fingerprint density at radius 1 is 1.35 bits per heavy atom. The summed E-state index contributed by atoms with van der Waals surface area (Å²) in [6.07, 6.45) is 1.75. The van der Waals surface area contributed by atoms with Gasteiger partial charge in [0.25, 0.3) is 0 Å². The third kappa shape index (κ3) is 3.26. The van der Waals surface area contributed by atoms with Gasteiger partial charge in [-0.05, 0) is 37.1 Å². The summed E-state index contributed by atoms with van der Waals surface area (Å²) in [5.41, 5.74) is 0.343. The zero-order valence-electron chi connectivity index (χ0n) is 10.4. The van der Waals surface area contributed by atoms with Gasteiger partial charge in [-0.25, -0.2) is 17.1 Å². The molecule has 0 amide bonds. The molecule has 96 valence electrons. The lowest BCUT2D eigenvalue weighted by atomic mass is 10.2. The van der Waals surface area contributed by atoms with Gasteiger partial charge in [0.2, 0.25) is 10.0 Å². The molecule has 1 rings (SSSR count). The summed E-state index contributed by atoms with van der Waals surface area (Å²) in [7, 11) is -1.94. The van der Waals surface area contributed by atoms with E-state index in [1.807, 2.05) is 6.92 Å². The van der Waals surface area contributed by atoms with Crippen molar-refractivity contribution in [2.24, 2.45) is 0 Å². The van der Waals surface area contributed by atoms with Crippen molar-refractivity contribution in [3.8, 4) is 0 Å². The Labute approximate surface area is 102 Å². The fourth-order valence-corrected chi connectivity index (χ4v) is 2.75. The zero-order chi connectivity index (χ0) is 13.1. The molecule has 5 heteroatoms. The fraction of sp³-hybridized carbons (Fsp3) is 0.500. The van der Waals surface area contributed by atoms with Crippen molar-refractivity contribution >= 4 is 10.0 Å². The topological polar surface area (TPSA) is 37.4 Å². The van der Waals surface area contributed by atoms with Crippen molar-refractivity contribution < 1.29 is 12.8 Å². The van der Waals surface area contributed by atoms with E-state index in [9.17, 15) is 12.8 Å². The van der Waals surface area contributed by atoms with Gasteiger partial charge in [-0.2, -0.15) is 0 Å². The van der Waals surface area contributed by atoms with Crippen molar-refractivity contribution in [2.75, 3.05) is 13.6 Å². The summed E-state index contributed by atoms with van der Waals surface area (Å²) in [6, 6.07) is 3.86. The van der Waals surface area contributed by atoms with Crippen LogP contribution in [0.25, 0.3) is 0 Å². The van der Waals surface area contributed by atoms with Crippen LogP contribution in [0.5, 0.6) is 0 Å². The molecule has 0 fully saturated rings. The third-order valence-corrected chi connectivity index (χ3v) is 4.52. The molecule has 0 saturated heterocycles. The third-order valence-electron chi connectivity index (χ3n) is 2.66. The summed E-state index contributed by atoms with van der Waals surface area (Å²) in [6.45, 7) is 4.04. The number of aryl methyl sites for hydroxylation is 1. The number of hydrogen-bond donors (Lipinski definition) is 0. The van der Waals surface area contributed by atoms with E-state index in [4.69, 9.17) is 0 Å². The standard InChI is InChI=1S/C12H18FNO2S/c1-4-5-8-14(3)17(15,16)11-6-7-12(13)10(2)9-11/h6-7,9H,4-5,8H2,1-3H3. The van der Waals surface area contributed by atoms with E-state index in [0.717, 1.165) is 12.8 Å². The van der Waals surface area contributed by atoms with Crippen molar-refractivity contribution in [2.45, 2.75) is 31.6 Å². The second kappa shape index (κ2) is 5.60. The van der Waals surface area contributed by atoms with Crippen LogP contribution in [0.3, 0.4) is 0 Å². The van der Waals surface area contributed by atoms with E-state index in [-0.39, 0.29) is 10.7 Å². The van der Waals surface area contributed by atoms with Crippen LogP contribution in [0.1, 0.15) is 25.3 Å². The number of sulfonamides is 1. The van der Waals surface area contributed by atoms with Crippen molar-refractivity contribution in [1.82, 2.24) is 4.31 Å². The molecular formula is C12H18FNO2S. The molecule has 3 nitrogen and oxygen atoms in total. The van der Waals surface area contributed by atoms with Gasteiger partial charge < -0.3 is 0 Å². The molecule has 0 aliphatic rings. The lowest BCUT2D eigenvalue weighted by molar-refractivity contribution is 0.459. The van der Waals surface area contributed by atoms with E-state index in [0.29, 0.717) is 12.1 Å². The first kappa shape index (κ1) is 14.1. The maximum atomic E-state index is 13.1. The van der Waals surface area contributed by atoms with Crippen LogP contribution in [-0.2, 0) is 10.0 Å². The molecule has 0 heterocycles. The molecule has 0 aliphatic heterocycles. The summed E-state index contributed by atoms with van der Waals surface area (Å²) in [4.78, 5) is 0.148. The van der Waals surface area contributed by atoms with E-state index < -0.39 is 10.0 Å². The predicted molar refractivity (Wildman–Crippen MR) is 65.9 cm³/mol. The van der Waals surface area contributed by atoms with Crippen LogP contribution in [0, 0.1) is 12.7 Å². The van der Waals surface area contributed by atoms with E-state index >= 15 is 0 Å². The van der Waals surface area contributed by atoms with Gasteiger partial charge in [-0.15, -0.1) is 0 Å². The lowest BCUT2D eigenvalue weighted by Gasteiger charge is -2.17. The van der Waals surface area contributed by atoms with Crippen LogP contribution in [0.4, 0.5) is 4.39 Å². The first-order valence-electron chi connectivity index (χ1n) is 5.62. The van der Waals surface area contributed by atoms with Crippen LogP contribution in [0.2, 0.25) is 0 Å². The normalized spacial score (nSPS) is 12.1. The molecule has 0 radical (unpaired) electrons. The monoisotopic (exact) mass is 259 g/mol. The predicted octanol–water partition coefficient (Wildman–Crippen LogP) is 2.55. The number of rotatable bonds is 5. The maximum Gasteiger partial charge on any atom is 0.242 e. The number of unbranched alkanes of at least 4 members (excludes halogenated alkanes) is 1. The molecule has 0 aliphatic carbocycles. The lowest BCUT2D eigenvalue weighted by Crippen LogP contribution is -2.28. The molecule has 1 aromatic carbocycles. The Hall–Kier alpha value is -0.940. The first-order chi connectivity index (χ1) is 7.89. The fourth-order valence-electron chi connectivity index (χ4n) is 1.46. The molecule has 0 bridgehead atoms. The Bertz CT molecular complexity index is 485. The molecule has 0 aromatic heterocycles. The smallest absolute Gasteiger partial charge is 0.207 e. The number of nitrogens with zero attached hydrogens (tertiary/aromatic N) is 1. The average Bonchev–Trinajstić information content (AvgIpc) is 2.29. The SMILES string of the molecule is CCCCN(C)S(=O)(=O)c1ccc(F)c(C)c1. The van der Waals surface area contributed by atoms with Crippen molar-refractivity contribution in [3.05, 3.63) is 29.6 Å².